The summed E-state index contributed by atoms with van der Waals surface area (Å²) in [4.78, 5) is 22.8. The molecule has 0 saturated heterocycles. The first-order chi connectivity index (χ1) is 8.31. The van der Waals surface area contributed by atoms with Gasteiger partial charge in [0, 0.05) is 18.7 Å². The average molecular weight is 275 g/mol. The summed E-state index contributed by atoms with van der Waals surface area (Å²) in [6.45, 7) is 1.81. The van der Waals surface area contributed by atoms with Crippen LogP contribution in [-0.2, 0) is 9.59 Å². The maximum absolute atomic E-state index is 11.7. The largest absolute Gasteiger partial charge is 0.481 e. The highest BCUT2D eigenvalue weighted by atomic mass is 32.2. The highest BCUT2D eigenvalue weighted by Gasteiger charge is 2.45. The van der Waals surface area contributed by atoms with Gasteiger partial charge in [0.15, 0.2) is 0 Å². The standard InChI is InChI=1S/C12H21NO4S/c1-11(17,8-18-2)7-13-9(14)6-12(10(15)16)4-3-5-12/h17H,3-8H2,1-2H3,(H,13,14)(H,15,16). The molecule has 0 heterocycles. The minimum atomic E-state index is -0.953. The van der Waals surface area contributed by atoms with Crippen LogP contribution in [0.3, 0.4) is 0 Å². The molecule has 0 aromatic carbocycles. The molecule has 6 heteroatoms. The van der Waals surface area contributed by atoms with Crippen molar-refractivity contribution in [3.05, 3.63) is 0 Å². The number of aliphatic carboxylic acids is 1. The van der Waals surface area contributed by atoms with Crippen LogP contribution >= 0.6 is 11.8 Å². The molecule has 0 radical (unpaired) electrons. The Hall–Kier alpha value is -0.750. The molecule has 0 aromatic rings. The second kappa shape index (κ2) is 5.93. The number of carbonyl (C=O) groups is 2. The SMILES string of the molecule is CSCC(C)(O)CNC(=O)CC1(C(=O)O)CCC1. The number of nitrogens with one attached hydrogen (secondary N) is 1. The fourth-order valence-corrected chi connectivity index (χ4v) is 2.81. The summed E-state index contributed by atoms with van der Waals surface area (Å²) < 4.78 is 0. The van der Waals surface area contributed by atoms with Gasteiger partial charge in [-0.3, -0.25) is 9.59 Å². The van der Waals surface area contributed by atoms with Crippen molar-refractivity contribution in [2.75, 3.05) is 18.6 Å². The highest BCUT2D eigenvalue weighted by molar-refractivity contribution is 7.98. The monoisotopic (exact) mass is 275 g/mol. The zero-order chi connectivity index (χ0) is 13.8. The summed E-state index contributed by atoms with van der Waals surface area (Å²) in [6, 6.07) is 0. The van der Waals surface area contributed by atoms with E-state index in [0.29, 0.717) is 18.6 Å². The Labute approximate surface area is 111 Å². The van der Waals surface area contributed by atoms with Crippen molar-refractivity contribution in [2.24, 2.45) is 5.41 Å². The molecule has 1 saturated carbocycles. The fraction of sp³-hybridized carbons (Fsp3) is 0.833. The number of carbonyl (C=O) groups excluding carboxylic acids is 1. The van der Waals surface area contributed by atoms with Crippen molar-refractivity contribution in [3.8, 4) is 0 Å². The van der Waals surface area contributed by atoms with Crippen LogP contribution in [0.25, 0.3) is 0 Å². The lowest BCUT2D eigenvalue weighted by atomic mass is 9.66. The molecule has 1 aliphatic carbocycles. The molecule has 5 nitrogen and oxygen atoms in total. The van der Waals surface area contributed by atoms with Gasteiger partial charge in [-0.1, -0.05) is 6.42 Å². The Kier molecular flexibility index (Phi) is 5.04. The number of hydrogen-bond donors (Lipinski definition) is 3. The van der Waals surface area contributed by atoms with E-state index in [9.17, 15) is 14.7 Å². The van der Waals surface area contributed by atoms with Gasteiger partial charge in [-0.05, 0) is 26.0 Å². The molecule has 0 aliphatic heterocycles. The van der Waals surface area contributed by atoms with Crippen LogP contribution < -0.4 is 5.32 Å². The predicted octanol–water partition coefficient (Wildman–Crippen LogP) is 0.862. The maximum Gasteiger partial charge on any atom is 0.310 e. The molecule has 1 aliphatic rings. The average Bonchev–Trinajstić information content (AvgIpc) is 2.20. The molecular weight excluding hydrogens is 254 g/mol. The highest BCUT2D eigenvalue weighted by Crippen LogP contribution is 2.44. The van der Waals surface area contributed by atoms with Crippen molar-refractivity contribution in [1.82, 2.24) is 5.32 Å². The zero-order valence-corrected chi connectivity index (χ0v) is 11.7. The molecule has 18 heavy (non-hydrogen) atoms. The molecule has 0 bridgehead atoms. The van der Waals surface area contributed by atoms with Crippen molar-refractivity contribution in [2.45, 2.75) is 38.2 Å². The number of aliphatic hydroxyl groups is 1. The minimum Gasteiger partial charge on any atom is -0.481 e. The van der Waals surface area contributed by atoms with E-state index < -0.39 is 17.0 Å². The van der Waals surface area contributed by atoms with E-state index >= 15 is 0 Å². The molecule has 0 aromatic heterocycles. The number of carboxylic acids is 1. The van der Waals surface area contributed by atoms with Gasteiger partial charge in [0.2, 0.25) is 5.91 Å². The predicted molar refractivity (Wildman–Crippen MR) is 70.6 cm³/mol. The Balaban J connectivity index is 2.40. The Bertz CT molecular complexity index is 326. The van der Waals surface area contributed by atoms with Crippen molar-refractivity contribution in [1.29, 1.82) is 0 Å². The van der Waals surface area contributed by atoms with Gasteiger partial charge in [-0.15, -0.1) is 0 Å². The molecule has 104 valence electrons. The second-order valence-corrected chi connectivity index (χ2v) is 6.19. The Morgan fingerprint density at radius 2 is 2.06 bits per heavy atom. The van der Waals surface area contributed by atoms with Gasteiger partial charge in [0.1, 0.15) is 0 Å². The van der Waals surface area contributed by atoms with E-state index in [1.165, 1.54) is 11.8 Å². The first-order valence-corrected chi connectivity index (χ1v) is 7.42. The van der Waals surface area contributed by atoms with Crippen LogP contribution in [0.4, 0.5) is 0 Å². The number of hydrogen-bond acceptors (Lipinski definition) is 4. The third kappa shape index (κ3) is 3.88. The van der Waals surface area contributed by atoms with Crippen molar-refractivity contribution >= 4 is 23.6 Å². The first-order valence-electron chi connectivity index (χ1n) is 6.03. The van der Waals surface area contributed by atoms with Gasteiger partial charge in [-0.25, -0.2) is 0 Å². The lowest BCUT2D eigenvalue weighted by Gasteiger charge is -2.37. The van der Waals surface area contributed by atoms with Crippen molar-refractivity contribution < 1.29 is 19.8 Å². The number of carboxylic acid groups (broad SMARTS) is 1. The molecule has 0 spiro atoms. The third-order valence-electron chi connectivity index (χ3n) is 3.38. The molecule has 1 rings (SSSR count). The lowest BCUT2D eigenvalue weighted by Crippen LogP contribution is -2.46. The topological polar surface area (TPSA) is 86.6 Å². The lowest BCUT2D eigenvalue weighted by molar-refractivity contribution is -0.157. The molecule has 3 N–H and O–H groups in total. The second-order valence-electron chi connectivity index (χ2n) is 5.32. The van der Waals surface area contributed by atoms with Crippen LogP contribution in [0.2, 0.25) is 0 Å². The third-order valence-corrected chi connectivity index (χ3v) is 4.30. The van der Waals surface area contributed by atoms with E-state index in [1.807, 2.05) is 6.26 Å². The summed E-state index contributed by atoms with van der Waals surface area (Å²) in [5.74, 6) is -0.657. The van der Waals surface area contributed by atoms with Gasteiger partial charge in [0.25, 0.3) is 0 Å². The number of thioether (sulfide) groups is 1. The van der Waals surface area contributed by atoms with E-state index in [2.05, 4.69) is 5.32 Å². The zero-order valence-electron chi connectivity index (χ0n) is 10.9. The molecule has 1 unspecified atom stereocenters. The Morgan fingerprint density at radius 3 is 2.44 bits per heavy atom. The number of rotatable bonds is 7. The fourth-order valence-electron chi connectivity index (χ4n) is 2.09. The van der Waals surface area contributed by atoms with Gasteiger partial charge < -0.3 is 15.5 Å². The summed E-state index contributed by atoms with van der Waals surface area (Å²) in [6.07, 6.45) is 3.89. The van der Waals surface area contributed by atoms with Crippen LogP contribution in [0.15, 0.2) is 0 Å². The minimum absolute atomic E-state index is 0.0116. The van der Waals surface area contributed by atoms with Gasteiger partial charge in [0.05, 0.1) is 11.0 Å². The Morgan fingerprint density at radius 1 is 1.44 bits per heavy atom. The van der Waals surface area contributed by atoms with Crippen molar-refractivity contribution in [3.63, 3.8) is 0 Å². The van der Waals surface area contributed by atoms with Gasteiger partial charge >= 0.3 is 5.97 Å². The summed E-state index contributed by atoms with van der Waals surface area (Å²) in [5, 5.41) is 21.6. The number of amides is 1. The molecule has 1 amide bonds. The smallest absolute Gasteiger partial charge is 0.310 e. The van der Waals surface area contributed by atoms with Gasteiger partial charge in [-0.2, -0.15) is 11.8 Å². The van der Waals surface area contributed by atoms with Crippen LogP contribution in [0.1, 0.15) is 32.6 Å². The maximum atomic E-state index is 11.7. The molecular formula is C12H21NO4S. The quantitative estimate of drug-likeness (QED) is 0.641. The van der Waals surface area contributed by atoms with Crippen LogP contribution in [0.5, 0.6) is 0 Å². The normalized spacial score (nSPS) is 20.6. The van der Waals surface area contributed by atoms with E-state index in [0.717, 1.165) is 6.42 Å². The molecule has 1 fully saturated rings. The van der Waals surface area contributed by atoms with E-state index in [-0.39, 0.29) is 18.9 Å². The first kappa shape index (κ1) is 15.3. The molecule has 1 atom stereocenters. The van der Waals surface area contributed by atoms with Crippen LogP contribution in [0, 0.1) is 5.41 Å². The summed E-state index contributed by atoms with van der Waals surface area (Å²) in [5.41, 5.74) is -1.82. The summed E-state index contributed by atoms with van der Waals surface area (Å²) in [7, 11) is 0. The van der Waals surface area contributed by atoms with E-state index in [4.69, 9.17) is 5.11 Å². The van der Waals surface area contributed by atoms with Crippen LogP contribution in [-0.4, -0.2) is 46.2 Å². The van der Waals surface area contributed by atoms with E-state index in [1.54, 1.807) is 6.92 Å². The summed E-state index contributed by atoms with van der Waals surface area (Å²) >= 11 is 1.50.